The smallest absolute Gasteiger partial charge is 0.272 e. The second-order valence-corrected chi connectivity index (χ2v) is 6.37. The highest BCUT2D eigenvalue weighted by molar-refractivity contribution is 6.04. The molecular formula is C14H22N4O2. The molecule has 2 rings (SSSR count). The van der Waals surface area contributed by atoms with Crippen molar-refractivity contribution in [1.82, 2.24) is 20.2 Å². The van der Waals surface area contributed by atoms with E-state index < -0.39 is 0 Å². The van der Waals surface area contributed by atoms with Gasteiger partial charge in [0.1, 0.15) is 5.69 Å². The standard InChI is InChI=1S/C14H22N4O2/c1-14(2,3)8-15-12(19)10-11(17-9-16-10)13(20)18-6-4-5-7-18/h9H,4-8H2,1-3H3,(H,15,19)(H,16,17). The number of hydrogen-bond acceptors (Lipinski definition) is 3. The quantitative estimate of drug-likeness (QED) is 0.877. The van der Waals surface area contributed by atoms with Crippen molar-refractivity contribution in [2.75, 3.05) is 19.6 Å². The zero-order valence-corrected chi connectivity index (χ0v) is 12.3. The summed E-state index contributed by atoms with van der Waals surface area (Å²) >= 11 is 0. The molecule has 0 radical (unpaired) electrons. The Labute approximate surface area is 119 Å². The molecule has 1 fully saturated rings. The average Bonchev–Trinajstić information content (AvgIpc) is 3.04. The van der Waals surface area contributed by atoms with Crippen LogP contribution in [0.3, 0.4) is 0 Å². The van der Waals surface area contributed by atoms with E-state index in [1.807, 2.05) is 20.8 Å². The first kappa shape index (κ1) is 14.6. The van der Waals surface area contributed by atoms with E-state index in [9.17, 15) is 9.59 Å². The summed E-state index contributed by atoms with van der Waals surface area (Å²) in [6.07, 6.45) is 3.44. The number of rotatable bonds is 3. The molecule has 0 aromatic carbocycles. The minimum absolute atomic E-state index is 0.00884. The molecule has 6 heteroatoms. The van der Waals surface area contributed by atoms with E-state index in [1.54, 1.807) is 4.90 Å². The lowest BCUT2D eigenvalue weighted by Gasteiger charge is -2.19. The van der Waals surface area contributed by atoms with Gasteiger partial charge in [-0.3, -0.25) is 9.59 Å². The lowest BCUT2D eigenvalue weighted by Crippen LogP contribution is -2.35. The Morgan fingerprint density at radius 3 is 2.60 bits per heavy atom. The lowest BCUT2D eigenvalue weighted by molar-refractivity contribution is 0.0779. The molecule has 1 aromatic rings. The maximum Gasteiger partial charge on any atom is 0.272 e. The maximum absolute atomic E-state index is 12.3. The Kier molecular flexibility index (Phi) is 4.11. The molecule has 1 aliphatic heterocycles. The van der Waals surface area contributed by atoms with E-state index >= 15 is 0 Å². The Balaban J connectivity index is 2.07. The maximum atomic E-state index is 12.3. The van der Waals surface area contributed by atoms with E-state index in [0.717, 1.165) is 25.9 Å². The third kappa shape index (κ3) is 3.37. The molecule has 1 aliphatic rings. The number of nitrogens with one attached hydrogen (secondary N) is 2. The zero-order valence-electron chi connectivity index (χ0n) is 12.3. The van der Waals surface area contributed by atoms with Crippen LogP contribution in [0.4, 0.5) is 0 Å². The van der Waals surface area contributed by atoms with Crippen LogP contribution in [-0.2, 0) is 0 Å². The van der Waals surface area contributed by atoms with Crippen molar-refractivity contribution >= 4 is 11.8 Å². The van der Waals surface area contributed by atoms with Crippen LogP contribution in [0.15, 0.2) is 6.33 Å². The average molecular weight is 278 g/mol. The van der Waals surface area contributed by atoms with Gasteiger partial charge in [0, 0.05) is 19.6 Å². The van der Waals surface area contributed by atoms with Crippen molar-refractivity contribution in [3.63, 3.8) is 0 Å². The highest BCUT2D eigenvalue weighted by atomic mass is 16.2. The summed E-state index contributed by atoms with van der Waals surface area (Å²) in [5, 5.41) is 2.82. The summed E-state index contributed by atoms with van der Waals surface area (Å²) < 4.78 is 0. The van der Waals surface area contributed by atoms with Crippen molar-refractivity contribution in [3.05, 3.63) is 17.7 Å². The number of carbonyl (C=O) groups excluding carboxylic acids is 2. The Hall–Kier alpha value is -1.85. The summed E-state index contributed by atoms with van der Waals surface area (Å²) in [4.78, 5) is 33.0. The van der Waals surface area contributed by atoms with Gasteiger partial charge < -0.3 is 15.2 Å². The molecule has 1 aromatic heterocycles. The van der Waals surface area contributed by atoms with E-state index in [4.69, 9.17) is 0 Å². The van der Waals surface area contributed by atoms with E-state index in [1.165, 1.54) is 6.33 Å². The van der Waals surface area contributed by atoms with E-state index in [0.29, 0.717) is 12.2 Å². The highest BCUT2D eigenvalue weighted by Crippen LogP contribution is 2.15. The van der Waals surface area contributed by atoms with Crippen LogP contribution in [0.1, 0.15) is 54.6 Å². The molecule has 2 heterocycles. The molecule has 0 unspecified atom stereocenters. The number of imidazole rings is 1. The molecule has 20 heavy (non-hydrogen) atoms. The van der Waals surface area contributed by atoms with Gasteiger partial charge in [0.25, 0.3) is 11.8 Å². The molecule has 1 saturated heterocycles. The molecule has 0 bridgehead atoms. The number of amides is 2. The largest absolute Gasteiger partial charge is 0.350 e. The predicted octanol–water partition coefficient (Wildman–Crippen LogP) is 1.42. The molecule has 2 N–H and O–H groups in total. The highest BCUT2D eigenvalue weighted by Gasteiger charge is 2.26. The molecule has 0 aliphatic carbocycles. The monoisotopic (exact) mass is 278 g/mol. The van der Waals surface area contributed by atoms with Crippen LogP contribution >= 0.6 is 0 Å². The van der Waals surface area contributed by atoms with Gasteiger partial charge in [-0.2, -0.15) is 0 Å². The third-order valence-electron chi connectivity index (χ3n) is 3.24. The number of H-pyrrole nitrogens is 1. The van der Waals surface area contributed by atoms with Gasteiger partial charge in [-0.15, -0.1) is 0 Å². The van der Waals surface area contributed by atoms with Gasteiger partial charge in [-0.05, 0) is 18.3 Å². The molecule has 2 amide bonds. The number of aromatic nitrogens is 2. The van der Waals surface area contributed by atoms with Crippen molar-refractivity contribution in [2.24, 2.45) is 5.41 Å². The van der Waals surface area contributed by atoms with Crippen LogP contribution in [0.25, 0.3) is 0 Å². The number of hydrogen-bond donors (Lipinski definition) is 2. The van der Waals surface area contributed by atoms with Gasteiger partial charge in [-0.1, -0.05) is 20.8 Å². The Morgan fingerprint density at radius 1 is 1.35 bits per heavy atom. The summed E-state index contributed by atoms with van der Waals surface area (Å²) in [6.45, 7) is 8.15. The molecule has 0 saturated carbocycles. The molecule has 6 nitrogen and oxygen atoms in total. The SMILES string of the molecule is CC(C)(C)CNC(=O)c1nc[nH]c1C(=O)N1CCCC1. The first-order valence-corrected chi connectivity index (χ1v) is 6.99. The second kappa shape index (κ2) is 5.64. The summed E-state index contributed by atoms with van der Waals surface area (Å²) in [6, 6.07) is 0. The Morgan fingerprint density at radius 2 is 2.00 bits per heavy atom. The predicted molar refractivity (Wildman–Crippen MR) is 75.5 cm³/mol. The normalized spacial score (nSPS) is 15.4. The zero-order chi connectivity index (χ0) is 14.8. The van der Waals surface area contributed by atoms with Crippen molar-refractivity contribution in [1.29, 1.82) is 0 Å². The van der Waals surface area contributed by atoms with E-state index in [2.05, 4.69) is 15.3 Å². The number of likely N-dealkylation sites (tertiary alicyclic amines) is 1. The van der Waals surface area contributed by atoms with E-state index in [-0.39, 0.29) is 22.9 Å². The molecular weight excluding hydrogens is 256 g/mol. The van der Waals surface area contributed by atoms with Gasteiger partial charge in [0.15, 0.2) is 5.69 Å². The topological polar surface area (TPSA) is 78.1 Å². The van der Waals surface area contributed by atoms with Crippen molar-refractivity contribution in [2.45, 2.75) is 33.6 Å². The molecule has 0 atom stereocenters. The minimum Gasteiger partial charge on any atom is -0.350 e. The first-order valence-electron chi connectivity index (χ1n) is 6.99. The number of nitrogens with zero attached hydrogens (tertiary/aromatic N) is 2. The summed E-state index contributed by atoms with van der Waals surface area (Å²) in [7, 11) is 0. The van der Waals surface area contributed by atoms with Gasteiger partial charge in [-0.25, -0.2) is 4.98 Å². The lowest BCUT2D eigenvalue weighted by atomic mass is 9.97. The number of carbonyl (C=O) groups is 2. The van der Waals surface area contributed by atoms with Crippen molar-refractivity contribution in [3.8, 4) is 0 Å². The van der Waals surface area contributed by atoms with Crippen LogP contribution in [0, 0.1) is 5.41 Å². The van der Waals surface area contributed by atoms with Crippen LogP contribution < -0.4 is 5.32 Å². The van der Waals surface area contributed by atoms with Gasteiger partial charge in [0.05, 0.1) is 6.33 Å². The Bertz CT molecular complexity index is 496. The third-order valence-corrected chi connectivity index (χ3v) is 3.24. The molecule has 110 valence electrons. The summed E-state index contributed by atoms with van der Waals surface area (Å²) in [5.74, 6) is -0.440. The van der Waals surface area contributed by atoms with Crippen LogP contribution in [0.2, 0.25) is 0 Å². The number of aromatic amines is 1. The fraction of sp³-hybridized carbons (Fsp3) is 0.643. The second-order valence-electron chi connectivity index (χ2n) is 6.37. The van der Waals surface area contributed by atoms with Crippen molar-refractivity contribution < 1.29 is 9.59 Å². The first-order chi connectivity index (χ1) is 9.38. The van der Waals surface area contributed by atoms with Gasteiger partial charge in [0.2, 0.25) is 0 Å². The van der Waals surface area contributed by atoms with Crippen LogP contribution in [-0.4, -0.2) is 46.3 Å². The minimum atomic E-state index is -0.302. The summed E-state index contributed by atoms with van der Waals surface area (Å²) in [5.41, 5.74) is 0.468. The fourth-order valence-electron chi connectivity index (χ4n) is 2.14. The molecule has 0 spiro atoms. The van der Waals surface area contributed by atoms with Crippen LogP contribution in [0.5, 0.6) is 0 Å². The van der Waals surface area contributed by atoms with Gasteiger partial charge >= 0.3 is 0 Å². The fourth-order valence-corrected chi connectivity index (χ4v) is 2.14.